The fraction of sp³-hybridized carbons (Fsp3) is 0.556. The average molecular weight is 306 g/mol. The Bertz CT molecular complexity index is 555. The molecule has 0 spiro atoms. The van der Waals surface area contributed by atoms with Crippen LogP contribution in [0.15, 0.2) is 6.33 Å². The molecular weight excluding hydrogens is 291 g/mol. The highest BCUT2D eigenvalue weighted by Crippen LogP contribution is 2.38. The van der Waals surface area contributed by atoms with Crippen LogP contribution in [0.2, 0.25) is 0 Å². The lowest BCUT2D eigenvalue weighted by molar-refractivity contribution is -0.0212. The Morgan fingerprint density at radius 2 is 2.30 bits per heavy atom. The summed E-state index contributed by atoms with van der Waals surface area (Å²) in [4.78, 5) is 32.1. The van der Waals surface area contributed by atoms with Gasteiger partial charge in [0.25, 0.3) is 5.91 Å². The lowest BCUT2D eigenvalue weighted by atomic mass is 10.2. The molecule has 0 unspecified atom stereocenters. The van der Waals surface area contributed by atoms with E-state index in [-0.39, 0.29) is 18.1 Å². The molecule has 2 heterocycles. The molecule has 2 rings (SSSR count). The second-order valence-corrected chi connectivity index (χ2v) is 5.57. The van der Waals surface area contributed by atoms with Gasteiger partial charge in [-0.3, -0.25) is 13.9 Å². The zero-order valence-electron chi connectivity index (χ0n) is 10.4. The summed E-state index contributed by atoms with van der Waals surface area (Å²) in [5.41, 5.74) is 10.8. The number of primary amides is 1. The predicted octanol–water partition coefficient (Wildman–Crippen LogP) is -0.649. The van der Waals surface area contributed by atoms with E-state index in [1.54, 1.807) is 0 Å². The third kappa shape index (κ3) is 3.35. The summed E-state index contributed by atoms with van der Waals surface area (Å²) >= 11 is 0. The van der Waals surface area contributed by atoms with E-state index in [4.69, 9.17) is 26.0 Å². The van der Waals surface area contributed by atoms with Crippen molar-refractivity contribution in [3.05, 3.63) is 12.0 Å². The molecule has 2 atom stereocenters. The van der Waals surface area contributed by atoms with Crippen molar-refractivity contribution in [3.63, 3.8) is 0 Å². The van der Waals surface area contributed by atoms with Gasteiger partial charge in [0.1, 0.15) is 12.0 Å². The van der Waals surface area contributed by atoms with Crippen molar-refractivity contribution in [3.8, 4) is 0 Å². The molecule has 1 aromatic rings. The highest BCUT2D eigenvalue weighted by atomic mass is 31.2. The third-order valence-corrected chi connectivity index (χ3v) is 3.37. The summed E-state index contributed by atoms with van der Waals surface area (Å²) in [7, 11) is -4.51. The lowest BCUT2D eigenvalue weighted by Gasteiger charge is -2.16. The summed E-state index contributed by atoms with van der Waals surface area (Å²) < 4.78 is 22.0. The zero-order valence-corrected chi connectivity index (χ0v) is 11.3. The first-order chi connectivity index (χ1) is 9.28. The summed E-state index contributed by atoms with van der Waals surface area (Å²) in [6, 6.07) is 0. The van der Waals surface area contributed by atoms with Gasteiger partial charge in [-0.2, -0.15) is 0 Å². The quantitative estimate of drug-likeness (QED) is 0.521. The fourth-order valence-corrected chi connectivity index (χ4v) is 2.34. The number of hydrogen-bond acceptors (Lipinski definition) is 6. The summed E-state index contributed by atoms with van der Waals surface area (Å²) in [5, 5.41) is 0. The van der Waals surface area contributed by atoms with Crippen molar-refractivity contribution in [2.45, 2.75) is 25.2 Å². The number of phosphoric acid groups is 1. The SMILES string of the molecule is NC(=O)c1ncn([C@H]2CC[C@@H](COP(=O)(O)O)O2)c1N. The number of anilines is 1. The normalized spacial score (nSPS) is 23.1. The standard InChI is InChI=1S/C9H15N4O6P/c10-8-7(9(11)14)12-4-13(8)6-2-1-5(19-6)3-18-20(15,16)17/h4-6H,1-3,10H2,(H2,11,14)(H2,15,16,17)/t5-,6+/m0/s1. The molecule has 0 saturated carbocycles. The number of ether oxygens (including phenoxy) is 1. The Labute approximate surface area is 113 Å². The van der Waals surface area contributed by atoms with Crippen LogP contribution in [0.4, 0.5) is 5.82 Å². The molecule has 0 radical (unpaired) electrons. The van der Waals surface area contributed by atoms with Gasteiger partial charge in [0, 0.05) is 0 Å². The molecule has 1 saturated heterocycles. The Hall–Kier alpha value is -1.45. The number of imidazole rings is 1. The monoisotopic (exact) mass is 306 g/mol. The number of phosphoric ester groups is 1. The van der Waals surface area contributed by atoms with Crippen LogP contribution in [0.25, 0.3) is 0 Å². The van der Waals surface area contributed by atoms with Crippen molar-refractivity contribution in [2.75, 3.05) is 12.3 Å². The van der Waals surface area contributed by atoms with Gasteiger partial charge in [-0.25, -0.2) is 9.55 Å². The third-order valence-electron chi connectivity index (χ3n) is 2.89. The first-order valence-corrected chi connectivity index (χ1v) is 7.28. The van der Waals surface area contributed by atoms with Crippen LogP contribution >= 0.6 is 7.82 Å². The van der Waals surface area contributed by atoms with Gasteiger partial charge in [0.15, 0.2) is 5.69 Å². The van der Waals surface area contributed by atoms with Crippen molar-refractivity contribution < 1.29 is 28.4 Å². The van der Waals surface area contributed by atoms with Gasteiger partial charge in [-0.1, -0.05) is 0 Å². The van der Waals surface area contributed by atoms with E-state index < -0.39 is 26.1 Å². The molecule has 0 bridgehead atoms. The van der Waals surface area contributed by atoms with E-state index in [0.29, 0.717) is 12.8 Å². The minimum absolute atomic E-state index is 0.0384. The Balaban J connectivity index is 1.99. The molecule has 20 heavy (non-hydrogen) atoms. The lowest BCUT2D eigenvalue weighted by Crippen LogP contribution is -2.18. The van der Waals surface area contributed by atoms with Crippen LogP contribution in [-0.4, -0.2) is 38.0 Å². The molecule has 0 aromatic carbocycles. The van der Waals surface area contributed by atoms with Crippen molar-refractivity contribution in [1.82, 2.24) is 9.55 Å². The van der Waals surface area contributed by atoms with E-state index in [1.165, 1.54) is 10.9 Å². The Morgan fingerprint density at radius 1 is 1.60 bits per heavy atom. The number of carbonyl (C=O) groups is 1. The molecule has 0 aliphatic carbocycles. The van der Waals surface area contributed by atoms with Gasteiger partial charge >= 0.3 is 7.82 Å². The zero-order chi connectivity index (χ0) is 14.9. The smallest absolute Gasteiger partial charge is 0.383 e. The van der Waals surface area contributed by atoms with Crippen LogP contribution < -0.4 is 11.5 Å². The maximum atomic E-state index is 11.0. The van der Waals surface area contributed by atoms with Crippen LogP contribution in [0.3, 0.4) is 0 Å². The summed E-state index contributed by atoms with van der Waals surface area (Å²) in [5.74, 6) is -0.639. The number of hydrogen-bond donors (Lipinski definition) is 4. The Morgan fingerprint density at radius 3 is 2.85 bits per heavy atom. The van der Waals surface area contributed by atoms with Crippen molar-refractivity contribution in [1.29, 1.82) is 0 Å². The molecule has 1 fully saturated rings. The minimum Gasteiger partial charge on any atom is -0.383 e. The minimum atomic E-state index is -4.51. The number of nitrogen functional groups attached to an aromatic ring is 1. The number of amides is 1. The predicted molar refractivity (Wildman–Crippen MR) is 66.3 cm³/mol. The van der Waals surface area contributed by atoms with Gasteiger partial charge < -0.3 is 26.0 Å². The van der Waals surface area contributed by atoms with Gasteiger partial charge in [-0.05, 0) is 12.8 Å². The van der Waals surface area contributed by atoms with Crippen molar-refractivity contribution >= 4 is 19.5 Å². The summed E-state index contributed by atoms with van der Waals surface area (Å²) in [6.45, 7) is -0.224. The topological polar surface area (TPSA) is 163 Å². The summed E-state index contributed by atoms with van der Waals surface area (Å²) in [6.07, 6.45) is 1.49. The van der Waals surface area contributed by atoms with E-state index in [1.807, 2.05) is 0 Å². The second kappa shape index (κ2) is 5.51. The second-order valence-electron chi connectivity index (χ2n) is 4.33. The number of nitrogens with zero attached hydrogens (tertiary/aromatic N) is 2. The number of rotatable bonds is 5. The largest absolute Gasteiger partial charge is 0.469 e. The van der Waals surface area contributed by atoms with Crippen LogP contribution in [-0.2, 0) is 13.8 Å². The fourth-order valence-electron chi connectivity index (χ4n) is 1.98. The van der Waals surface area contributed by atoms with E-state index in [2.05, 4.69) is 9.51 Å². The molecule has 1 aliphatic rings. The van der Waals surface area contributed by atoms with Crippen molar-refractivity contribution in [2.24, 2.45) is 5.73 Å². The van der Waals surface area contributed by atoms with Crippen LogP contribution in [0.1, 0.15) is 29.6 Å². The average Bonchev–Trinajstić information content (AvgIpc) is 2.91. The molecule has 1 amide bonds. The molecule has 1 aliphatic heterocycles. The van der Waals surface area contributed by atoms with E-state index in [0.717, 1.165) is 0 Å². The number of nitrogens with two attached hydrogens (primary N) is 2. The highest BCUT2D eigenvalue weighted by Gasteiger charge is 2.30. The van der Waals surface area contributed by atoms with Gasteiger partial charge in [0.05, 0.1) is 19.0 Å². The maximum Gasteiger partial charge on any atom is 0.469 e. The molecule has 112 valence electrons. The molecule has 11 heteroatoms. The number of aromatic nitrogens is 2. The molecule has 6 N–H and O–H groups in total. The van der Waals surface area contributed by atoms with Crippen LogP contribution in [0, 0.1) is 0 Å². The Kier molecular flexibility index (Phi) is 4.11. The number of carbonyl (C=O) groups excluding carboxylic acids is 1. The first kappa shape index (κ1) is 14.9. The van der Waals surface area contributed by atoms with Gasteiger partial charge in [-0.15, -0.1) is 0 Å². The van der Waals surface area contributed by atoms with E-state index in [9.17, 15) is 9.36 Å². The maximum absolute atomic E-state index is 11.0. The molecule has 10 nitrogen and oxygen atoms in total. The van der Waals surface area contributed by atoms with Crippen LogP contribution in [0.5, 0.6) is 0 Å². The highest BCUT2D eigenvalue weighted by molar-refractivity contribution is 7.46. The molecule has 1 aromatic heterocycles. The van der Waals surface area contributed by atoms with Gasteiger partial charge in [0.2, 0.25) is 0 Å². The first-order valence-electron chi connectivity index (χ1n) is 5.75. The van der Waals surface area contributed by atoms with E-state index >= 15 is 0 Å². The molecular formula is C9H15N4O6P.